The summed E-state index contributed by atoms with van der Waals surface area (Å²) < 4.78 is 27.4. The number of likely N-dealkylation sites (tertiary alicyclic amines) is 1. The maximum atomic E-state index is 14.0. The Kier molecular flexibility index (Phi) is 3.70. The summed E-state index contributed by atoms with van der Waals surface area (Å²) >= 11 is 0. The number of benzene rings is 1. The van der Waals surface area contributed by atoms with E-state index >= 15 is 0 Å². The van der Waals surface area contributed by atoms with E-state index in [0.717, 1.165) is 23.8 Å². The molecule has 1 aromatic carbocycles. The van der Waals surface area contributed by atoms with Crippen LogP contribution in [0, 0.1) is 18.6 Å². The Labute approximate surface area is 126 Å². The van der Waals surface area contributed by atoms with E-state index in [9.17, 15) is 18.7 Å². The molecule has 0 saturated carbocycles. The first-order valence-electron chi connectivity index (χ1n) is 7.05. The molecule has 22 heavy (non-hydrogen) atoms. The lowest BCUT2D eigenvalue weighted by molar-refractivity contribution is 0.0707. The van der Waals surface area contributed by atoms with Gasteiger partial charge in [0.15, 0.2) is 0 Å². The van der Waals surface area contributed by atoms with Crippen molar-refractivity contribution >= 4 is 5.91 Å². The zero-order valence-electron chi connectivity index (χ0n) is 12.0. The molecule has 3 rings (SSSR count). The van der Waals surface area contributed by atoms with Crippen molar-refractivity contribution in [2.45, 2.75) is 25.5 Å². The van der Waals surface area contributed by atoms with E-state index in [1.807, 2.05) is 0 Å². The minimum atomic E-state index is -0.758. The predicted octanol–water partition coefficient (Wildman–Crippen LogP) is 2.55. The van der Waals surface area contributed by atoms with E-state index in [4.69, 9.17) is 0 Å². The number of carbonyl (C=O) groups excluding carboxylic acids is 1. The van der Waals surface area contributed by atoms with E-state index in [1.54, 1.807) is 19.2 Å². The van der Waals surface area contributed by atoms with Gasteiger partial charge in [-0.05, 0) is 43.2 Å². The van der Waals surface area contributed by atoms with Crippen molar-refractivity contribution in [1.82, 2.24) is 9.88 Å². The molecule has 1 aliphatic heterocycles. The number of amides is 1. The summed E-state index contributed by atoms with van der Waals surface area (Å²) in [7, 11) is 0. The third-order valence-corrected chi connectivity index (χ3v) is 4.03. The second-order valence-electron chi connectivity index (χ2n) is 5.56. The van der Waals surface area contributed by atoms with Crippen molar-refractivity contribution in [3.05, 3.63) is 58.9 Å². The molecule has 1 amide bonds. The Bertz CT molecular complexity index is 714. The van der Waals surface area contributed by atoms with Crippen LogP contribution in [0.15, 0.2) is 30.5 Å². The molecule has 0 radical (unpaired) electrons. The van der Waals surface area contributed by atoms with Gasteiger partial charge < -0.3 is 15.0 Å². The van der Waals surface area contributed by atoms with Crippen molar-refractivity contribution in [3.63, 3.8) is 0 Å². The summed E-state index contributed by atoms with van der Waals surface area (Å²) in [5.74, 6) is -1.48. The van der Waals surface area contributed by atoms with Crippen LogP contribution in [-0.4, -0.2) is 33.5 Å². The topological polar surface area (TPSA) is 56.3 Å². The Morgan fingerprint density at radius 1 is 1.36 bits per heavy atom. The summed E-state index contributed by atoms with van der Waals surface area (Å²) in [6.45, 7) is 1.88. The number of rotatable bonds is 2. The molecule has 0 spiro atoms. The number of aryl methyl sites for hydroxylation is 1. The number of H-pyrrole nitrogens is 1. The lowest BCUT2D eigenvalue weighted by Crippen LogP contribution is -2.32. The van der Waals surface area contributed by atoms with Crippen LogP contribution >= 0.6 is 0 Å². The summed E-state index contributed by atoms with van der Waals surface area (Å²) in [6, 6.07) is 4.24. The van der Waals surface area contributed by atoms with E-state index in [2.05, 4.69) is 4.98 Å². The number of β-amino-alcohol motifs (C(OH)–C–C–N with tert-alkyl or cyclic N) is 1. The number of aromatic amines is 1. The van der Waals surface area contributed by atoms with Gasteiger partial charge in [-0.3, -0.25) is 4.79 Å². The first-order valence-corrected chi connectivity index (χ1v) is 7.05. The first-order chi connectivity index (χ1) is 10.5. The summed E-state index contributed by atoms with van der Waals surface area (Å²) in [5, 5.41) is 9.89. The molecule has 0 bridgehead atoms. The Balaban J connectivity index is 1.98. The highest BCUT2D eigenvalue weighted by Gasteiger charge is 2.37. The minimum Gasteiger partial charge on any atom is -0.391 e. The molecule has 1 fully saturated rings. The number of hydrogen-bond donors (Lipinski definition) is 2. The minimum absolute atomic E-state index is 0.0918. The SMILES string of the molecule is Cc1cc[nH]c1C(=O)N1C[C@H](O)C[C@@H]1c1cc(F)ccc1F. The predicted molar refractivity (Wildman–Crippen MR) is 76.3 cm³/mol. The molecule has 2 heterocycles. The van der Waals surface area contributed by atoms with E-state index < -0.39 is 23.8 Å². The van der Waals surface area contributed by atoms with Crippen molar-refractivity contribution in [3.8, 4) is 0 Å². The van der Waals surface area contributed by atoms with Crippen LogP contribution < -0.4 is 0 Å². The number of nitrogens with one attached hydrogen (secondary N) is 1. The maximum Gasteiger partial charge on any atom is 0.271 e. The fourth-order valence-electron chi connectivity index (χ4n) is 2.92. The zero-order valence-corrected chi connectivity index (χ0v) is 12.0. The van der Waals surface area contributed by atoms with Crippen LogP contribution in [0.3, 0.4) is 0 Å². The first kappa shape index (κ1) is 14.7. The van der Waals surface area contributed by atoms with Gasteiger partial charge in [0.1, 0.15) is 17.3 Å². The van der Waals surface area contributed by atoms with Gasteiger partial charge in [-0.15, -0.1) is 0 Å². The van der Waals surface area contributed by atoms with Crippen molar-refractivity contribution in [2.75, 3.05) is 6.54 Å². The molecule has 0 unspecified atom stereocenters. The van der Waals surface area contributed by atoms with Crippen LogP contribution in [0.1, 0.15) is 34.1 Å². The van der Waals surface area contributed by atoms with Gasteiger partial charge in [-0.1, -0.05) is 0 Å². The molecule has 116 valence electrons. The van der Waals surface area contributed by atoms with Gasteiger partial charge in [0.2, 0.25) is 0 Å². The van der Waals surface area contributed by atoms with E-state index in [0.29, 0.717) is 5.69 Å². The monoisotopic (exact) mass is 306 g/mol. The Morgan fingerprint density at radius 2 is 2.14 bits per heavy atom. The fourth-order valence-corrected chi connectivity index (χ4v) is 2.92. The number of hydrogen-bond acceptors (Lipinski definition) is 2. The van der Waals surface area contributed by atoms with Gasteiger partial charge in [0.05, 0.1) is 12.1 Å². The Hall–Kier alpha value is -2.21. The van der Waals surface area contributed by atoms with Crippen LogP contribution in [0.4, 0.5) is 8.78 Å². The standard InChI is InChI=1S/C16H16F2N2O2/c1-9-4-5-19-15(9)16(22)20-8-11(21)7-14(20)12-6-10(17)2-3-13(12)18/h2-6,11,14,19,21H,7-8H2,1H3/t11-,14-/m1/s1. The third kappa shape index (κ3) is 2.50. The quantitative estimate of drug-likeness (QED) is 0.896. The molecule has 1 saturated heterocycles. The van der Waals surface area contributed by atoms with E-state index in [1.165, 1.54) is 4.90 Å². The zero-order chi connectivity index (χ0) is 15.9. The molecule has 2 atom stereocenters. The maximum absolute atomic E-state index is 14.0. The molecule has 2 N–H and O–H groups in total. The van der Waals surface area contributed by atoms with Gasteiger partial charge in [0, 0.05) is 18.3 Å². The fraction of sp³-hybridized carbons (Fsp3) is 0.312. The number of nitrogens with zero attached hydrogens (tertiary/aromatic N) is 1. The lowest BCUT2D eigenvalue weighted by atomic mass is 10.0. The van der Waals surface area contributed by atoms with Crippen LogP contribution in [0.5, 0.6) is 0 Å². The molecule has 6 heteroatoms. The summed E-state index contributed by atoms with van der Waals surface area (Å²) in [6.07, 6.45) is 1.07. The number of aliphatic hydroxyl groups excluding tert-OH is 1. The average molecular weight is 306 g/mol. The van der Waals surface area contributed by atoms with Crippen LogP contribution in [0.25, 0.3) is 0 Å². The van der Waals surface area contributed by atoms with Crippen LogP contribution in [0.2, 0.25) is 0 Å². The summed E-state index contributed by atoms with van der Waals surface area (Å²) in [4.78, 5) is 16.9. The molecular formula is C16H16F2N2O2. The summed E-state index contributed by atoms with van der Waals surface area (Å²) in [5.41, 5.74) is 1.26. The van der Waals surface area contributed by atoms with Crippen molar-refractivity contribution in [1.29, 1.82) is 0 Å². The Morgan fingerprint density at radius 3 is 2.82 bits per heavy atom. The van der Waals surface area contributed by atoms with Gasteiger partial charge in [-0.25, -0.2) is 8.78 Å². The molecule has 4 nitrogen and oxygen atoms in total. The smallest absolute Gasteiger partial charge is 0.271 e. The second kappa shape index (κ2) is 5.53. The number of aromatic nitrogens is 1. The molecule has 1 aromatic heterocycles. The highest BCUT2D eigenvalue weighted by molar-refractivity contribution is 5.94. The van der Waals surface area contributed by atoms with Crippen molar-refractivity contribution in [2.24, 2.45) is 0 Å². The third-order valence-electron chi connectivity index (χ3n) is 4.03. The number of halogens is 2. The van der Waals surface area contributed by atoms with Crippen LogP contribution in [-0.2, 0) is 0 Å². The average Bonchev–Trinajstić information content (AvgIpc) is 3.07. The molecule has 2 aromatic rings. The van der Waals surface area contributed by atoms with Gasteiger partial charge in [0.25, 0.3) is 5.91 Å². The van der Waals surface area contributed by atoms with Crippen molar-refractivity contribution < 1.29 is 18.7 Å². The van der Waals surface area contributed by atoms with E-state index in [-0.39, 0.29) is 24.4 Å². The highest BCUT2D eigenvalue weighted by atomic mass is 19.1. The number of carbonyl (C=O) groups is 1. The molecule has 1 aliphatic rings. The van der Waals surface area contributed by atoms with Gasteiger partial charge >= 0.3 is 0 Å². The largest absolute Gasteiger partial charge is 0.391 e. The molecular weight excluding hydrogens is 290 g/mol. The molecule has 0 aliphatic carbocycles. The normalized spacial score (nSPS) is 21.4. The number of aliphatic hydroxyl groups is 1. The second-order valence-corrected chi connectivity index (χ2v) is 5.56. The lowest BCUT2D eigenvalue weighted by Gasteiger charge is -2.25. The van der Waals surface area contributed by atoms with Gasteiger partial charge in [-0.2, -0.15) is 0 Å². The highest BCUT2D eigenvalue weighted by Crippen LogP contribution is 2.35.